The van der Waals surface area contributed by atoms with Crippen LogP contribution in [0.2, 0.25) is 0 Å². The molecular weight excluding hydrogens is 310 g/mol. The topological polar surface area (TPSA) is 47.4 Å². The van der Waals surface area contributed by atoms with E-state index in [-0.39, 0.29) is 18.0 Å². The Bertz CT molecular complexity index is 436. The second-order valence-corrected chi connectivity index (χ2v) is 6.55. The first kappa shape index (κ1) is 16.3. The molecule has 108 valence electrons. The summed E-state index contributed by atoms with van der Waals surface area (Å²) in [6, 6.07) is 0. The normalized spacial score (nSPS) is 12.2. The summed E-state index contributed by atoms with van der Waals surface area (Å²) in [7, 11) is 3.98. The summed E-state index contributed by atoms with van der Waals surface area (Å²) in [5.74, 6) is -0.0574. The molecule has 1 rings (SSSR count). The average molecular weight is 332 g/mol. The van der Waals surface area contributed by atoms with Crippen LogP contribution < -0.4 is 0 Å². The van der Waals surface area contributed by atoms with Gasteiger partial charge in [0.2, 0.25) is 5.78 Å². The maximum absolute atomic E-state index is 12.2. The van der Waals surface area contributed by atoms with Gasteiger partial charge in [-0.15, -0.1) is 0 Å². The van der Waals surface area contributed by atoms with Gasteiger partial charge in [-0.3, -0.25) is 9.48 Å². The molecule has 0 radical (unpaired) electrons. The summed E-state index contributed by atoms with van der Waals surface area (Å²) in [6.45, 7) is 7.36. The van der Waals surface area contributed by atoms with Crippen molar-refractivity contribution in [2.24, 2.45) is 0 Å². The van der Waals surface area contributed by atoms with E-state index in [1.54, 1.807) is 10.9 Å². The van der Waals surface area contributed by atoms with Gasteiger partial charge in [-0.1, -0.05) is 0 Å². The fraction of sp³-hybridized carbons (Fsp3) is 0.692. The number of aromatic nitrogens is 2. The van der Waals surface area contributed by atoms with Gasteiger partial charge >= 0.3 is 0 Å². The van der Waals surface area contributed by atoms with E-state index >= 15 is 0 Å². The van der Waals surface area contributed by atoms with Crippen LogP contribution in [0.15, 0.2) is 10.7 Å². The first-order valence-electron chi connectivity index (χ1n) is 6.24. The molecule has 0 aliphatic carbocycles. The molecule has 5 nitrogen and oxygen atoms in total. The van der Waals surface area contributed by atoms with Crippen molar-refractivity contribution in [3.05, 3.63) is 16.4 Å². The molecule has 0 aliphatic heterocycles. The SMILES string of the molecule is CN(C)CCn1ncc(Br)c1C(=O)COC(C)(C)C. The Morgan fingerprint density at radius 3 is 2.63 bits per heavy atom. The lowest BCUT2D eigenvalue weighted by Gasteiger charge is -2.19. The molecule has 0 N–H and O–H groups in total. The minimum atomic E-state index is -0.323. The number of Topliss-reactive ketones (excluding diaryl/α,β-unsaturated/α-hetero) is 1. The van der Waals surface area contributed by atoms with Crippen molar-refractivity contribution in [1.29, 1.82) is 0 Å². The Morgan fingerprint density at radius 1 is 1.47 bits per heavy atom. The van der Waals surface area contributed by atoms with Crippen molar-refractivity contribution in [2.75, 3.05) is 27.2 Å². The van der Waals surface area contributed by atoms with Gasteiger partial charge in [-0.2, -0.15) is 5.10 Å². The molecule has 1 heterocycles. The first-order chi connectivity index (χ1) is 8.70. The van der Waals surface area contributed by atoms with E-state index in [2.05, 4.69) is 25.9 Å². The molecule has 0 atom stereocenters. The van der Waals surface area contributed by atoms with Crippen LogP contribution >= 0.6 is 15.9 Å². The van der Waals surface area contributed by atoms with E-state index in [1.807, 2.05) is 34.9 Å². The number of hydrogen-bond acceptors (Lipinski definition) is 4. The van der Waals surface area contributed by atoms with Gasteiger partial charge in [0.25, 0.3) is 0 Å². The van der Waals surface area contributed by atoms with Gasteiger partial charge in [-0.05, 0) is 50.8 Å². The van der Waals surface area contributed by atoms with Gasteiger partial charge in [-0.25, -0.2) is 0 Å². The molecule has 0 amide bonds. The number of carbonyl (C=O) groups excluding carboxylic acids is 1. The number of nitrogens with zero attached hydrogens (tertiary/aromatic N) is 3. The zero-order valence-electron chi connectivity index (χ0n) is 12.2. The maximum atomic E-state index is 12.2. The molecule has 0 unspecified atom stereocenters. The Hall–Kier alpha value is -0.720. The molecule has 1 aromatic heterocycles. The van der Waals surface area contributed by atoms with Crippen LogP contribution in [0.5, 0.6) is 0 Å². The highest BCUT2D eigenvalue weighted by molar-refractivity contribution is 9.10. The van der Waals surface area contributed by atoms with Crippen LogP contribution in [-0.4, -0.2) is 53.3 Å². The summed E-state index contributed by atoms with van der Waals surface area (Å²) >= 11 is 3.37. The molecular formula is C13H22BrN3O2. The van der Waals surface area contributed by atoms with Crippen molar-refractivity contribution >= 4 is 21.7 Å². The lowest BCUT2D eigenvalue weighted by Crippen LogP contribution is -2.26. The predicted molar refractivity (Wildman–Crippen MR) is 78.5 cm³/mol. The quantitative estimate of drug-likeness (QED) is 0.750. The monoisotopic (exact) mass is 331 g/mol. The molecule has 0 aliphatic rings. The molecule has 0 fully saturated rings. The lowest BCUT2D eigenvalue weighted by molar-refractivity contribution is 0.00260. The predicted octanol–water partition coefficient (Wildman–Crippen LogP) is 2.21. The molecule has 0 saturated carbocycles. The van der Waals surface area contributed by atoms with Crippen LogP contribution in [0.1, 0.15) is 31.3 Å². The molecule has 6 heteroatoms. The summed E-state index contributed by atoms with van der Waals surface area (Å²) in [5, 5.41) is 4.22. The third-order valence-electron chi connectivity index (χ3n) is 2.45. The number of ketones is 1. The number of halogens is 1. The molecule has 0 aromatic carbocycles. The summed E-state index contributed by atoms with van der Waals surface area (Å²) in [5.41, 5.74) is 0.252. The summed E-state index contributed by atoms with van der Waals surface area (Å²) < 4.78 is 7.97. The Morgan fingerprint density at radius 2 is 2.11 bits per heavy atom. The Labute approximate surface area is 123 Å². The zero-order chi connectivity index (χ0) is 14.6. The van der Waals surface area contributed by atoms with E-state index in [9.17, 15) is 4.79 Å². The highest BCUT2D eigenvalue weighted by atomic mass is 79.9. The van der Waals surface area contributed by atoms with E-state index in [4.69, 9.17) is 4.74 Å². The largest absolute Gasteiger partial charge is 0.368 e. The molecule has 0 bridgehead atoms. The van der Waals surface area contributed by atoms with Crippen molar-refractivity contribution < 1.29 is 9.53 Å². The second-order valence-electron chi connectivity index (χ2n) is 5.69. The van der Waals surface area contributed by atoms with Crippen LogP contribution in [0.25, 0.3) is 0 Å². The van der Waals surface area contributed by atoms with Crippen molar-refractivity contribution in [2.45, 2.75) is 32.9 Å². The van der Waals surface area contributed by atoms with Crippen molar-refractivity contribution in [3.8, 4) is 0 Å². The number of rotatable bonds is 6. The number of likely N-dealkylation sites (N-methyl/N-ethyl adjacent to an activating group) is 1. The minimum Gasteiger partial charge on any atom is -0.368 e. The number of hydrogen-bond donors (Lipinski definition) is 0. The van der Waals surface area contributed by atoms with E-state index in [1.165, 1.54) is 0 Å². The van der Waals surface area contributed by atoms with Crippen LogP contribution in [-0.2, 0) is 11.3 Å². The van der Waals surface area contributed by atoms with Gasteiger partial charge in [0, 0.05) is 6.54 Å². The van der Waals surface area contributed by atoms with E-state index < -0.39 is 0 Å². The maximum Gasteiger partial charge on any atom is 0.207 e. The smallest absolute Gasteiger partial charge is 0.207 e. The Kier molecular flexibility index (Phi) is 5.70. The highest BCUT2D eigenvalue weighted by Gasteiger charge is 2.20. The second kappa shape index (κ2) is 6.63. The molecule has 0 spiro atoms. The Balaban J connectivity index is 2.75. The van der Waals surface area contributed by atoms with Crippen LogP contribution in [0.3, 0.4) is 0 Å². The zero-order valence-corrected chi connectivity index (χ0v) is 13.8. The summed E-state index contributed by atoms with van der Waals surface area (Å²) in [6.07, 6.45) is 1.65. The standard InChI is InChI=1S/C13H22BrN3O2/c1-13(2,3)19-9-11(18)12-10(14)8-15-17(12)7-6-16(4)5/h8H,6-7,9H2,1-5H3. The highest BCUT2D eigenvalue weighted by Crippen LogP contribution is 2.18. The van der Waals surface area contributed by atoms with Gasteiger partial charge in [0.05, 0.1) is 22.8 Å². The lowest BCUT2D eigenvalue weighted by atomic mass is 10.2. The fourth-order valence-electron chi connectivity index (χ4n) is 1.45. The van der Waals surface area contributed by atoms with Crippen LogP contribution in [0.4, 0.5) is 0 Å². The first-order valence-corrected chi connectivity index (χ1v) is 7.03. The van der Waals surface area contributed by atoms with Crippen molar-refractivity contribution in [1.82, 2.24) is 14.7 Å². The van der Waals surface area contributed by atoms with Crippen LogP contribution in [0, 0.1) is 0 Å². The summed E-state index contributed by atoms with van der Waals surface area (Å²) in [4.78, 5) is 14.3. The molecule has 0 saturated heterocycles. The van der Waals surface area contributed by atoms with Gasteiger partial charge < -0.3 is 9.64 Å². The molecule has 1 aromatic rings. The fourth-order valence-corrected chi connectivity index (χ4v) is 1.97. The van der Waals surface area contributed by atoms with Gasteiger partial charge in [0.1, 0.15) is 12.3 Å². The van der Waals surface area contributed by atoms with Gasteiger partial charge in [0.15, 0.2) is 0 Å². The third kappa shape index (κ3) is 5.42. The van der Waals surface area contributed by atoms with E-state index in [0.29, 0.717) is 16.7 Å². The van der Waals surface area contributed by atoms with E-state index in [0.717, 1.165) is 6.54 Å². The molecule has 19 heavy (non-hydrogen) atoms. The third-order valence-corrected chi connectivity index (χ3v) is 3.03. The minimum absolute atomic E-state index is 0.0574. The van der Waals surface area contributed by atoms with Crippen molar-refractivity contribution in [3.63, 3.8) is 0 Å². The average Bonchev–Trinajstić information content (AvgIpc) is 2.64. The number of ether oxygens (including phenoxy) is 1. The number of carbonyl (C=O) groups is 1.